The van der Waals surface area contributed by atoms with Crippen LogP contribution in [0.25, 0.3) is 0 Å². The number of phenolic OH excluding ortho intramolecular Hbond substituents is 1. The van der Waals surface area contributed by atoms with E-state index in [-0.39, 0.29) is 0 Å². The SMILES string of the molecule is C[C@@H]1CCc2ccc(O)cc21. The van der Waals surface area contributed by atoms with E-state index in [2.05, 4.69) is 6.92 Å². The zero-order valence-corrected chi connectivity index (χ0v) is 6.67. The van der Waals surface area contributed by atoms with Gasteiger partial charge >= 0.3 is 0 Å². The summed E-state index contributed by atoms with van der Waals surface area (Å²) in [5, 5.41) is 9.21. The van der Waals surface area contributed by atoms with Crippen molar-refractivity contribution in [2.24, 2.45) is 0 Å². The highest BCUT2D eigenvalue weighted by atomic mass is 16.3. The van der Waals surface area contributed by atoms with Gasteiger partial charge in [0.05, 0.1) is 0 Å². The molecular weight excluding hydrogens is 136 g/mol. The second-order valence-corrected chi connectivity index (χ2v) is 3.32. The third-order valence-corrected chi connectivity index (χ3v) is 2.51. The smallest absolute Gasteiger partial charge is 0.115 e. The second-order valence-electron chi connectivity index (χ2n) is 3.32. The van der Waals surface area contributed by atoms with Gasteiger partial charge in [0.1, 0.15) is 5.75 Å². The van der Waals surface area contributed by atoms with E-state index in [4.69, 9.17) is 0 Å². The van der Waals surface area contributed by atoms with Gasteiger partial charge in [0.15, 0.2) is 0 Å². The van der Waals surface area contributed by atoms with E-state index in [0.29, 0.717) is 11.7 Å². The van der Waals surface area contributed by atoms with Crippen molar-refractivity contribution in [2.75, 3.05) is 0 Å². The molecule has 11 heavy (non-hydrogen) atoms. The van der Waals surface area contributed by atoms with E-state index in [1.807, 2.05) is 12.1 Å². The maximum atomic E-state index is 9.21. The fourth-order valence-electron chi connectivity index (χ4n) is 1.80. The van der Waals surface area contributed by atoms with Gasteiger partial charge in [0.25, 0.3) is 0 Å². The minimum Gasteiger partial charge on any atom is -0.508 e. The fraction of sp³-hybridized carbons (Fsp3) is 0.400. The Hall–Kier alpha value is -0.980. The van der Waals surface area contributed by atoms with Crippen molar-refractivity contribution in [1.82, 2.24) is 0 Å². The molecule has 1 heteroatoms. The molecule has 0 spiro atoms. The first-order valence-corrected chi connectivity index (χ1v) is 4.09. The third-order valence-electron chi connectivity index (χ3n) is 2.51. The number of phenols is 1. The number of aryl methyl sites for hydroxylation is 1. The molecule has 1 atom stereocenters. The van der Waals surface area contributed by atoms with Crippen LogP contribution in [0.2, 0.25) is 0 Å². The molecular formula is C10H12O. The Morgan fingerprint density at radius 2 is 2.27 bits per heavy atom. The zero-order chi connectivity index (χ0) is 7.84. The summed E-state index contributed by atoms with van der Waals surface area (Å²) in [5.74, 6) is 1.04. The molecule has 1 nitrogen and oxygen atoms in total. The minimum atomic E-state index is 0.400. The summed E-state index contributed by atoms with van der Waals surface area (Å²) in [5.41, 5.74) is 2.75. The van der Waals surface area contributed by atoms with Gasteiger partial charge in [0, 0.05) is 0 Å². The Morgan fingerprint density at radius 1 is 1.45 bits per heavy atom. The van der Waals surface area contributed by atoms with Crippen molar-refractivity contribution in [2.45, 2.75) is 25.7 Å². The highest BCUT2D eigenvalue weighted by Gasteiger charge is 2.17. The monoisotopic (exact) mass is 148 g/mol. The molecule has 2 rings (SSSR count). The van der Waals surface area contributed by atoms with Crippen LogP contribution < -0.4 is 0 Å². The summed E-state index contributed by atoms with van der Waals surface area (Å²) in [6.45, 7) is 2.21. The third kappa shape index (κ3) is 1.01. The number of fused-ring (bicyclic) bond motifs is 1. The first-order chi connectivity index (χ1) is 5.27. The molecule has 0 saturated heterocycles. The van der Waals surface area contributed by atoms with Gasteiger partial charge in [-0.2, -0.15) is 0 Å². The molecule has 0 saturated carbocycles. The van der Waals surface area contributed by atoms with E-state index in [0.717, 1.165) is 0 Å². The van der Waals surface area contributed by atoms with Crippen LogP contribution >= 0.6 is 0 Å². The normalized spacial score (nSPS) is 21.7. The van der Waals surface area contributed by atoms with E-state index in [9.17, 15) is 5.11 Å². The number of aromatic hydroxyl groups is 1. The Kier molecular flexibility index (Phi) is 1.38. The number of benzene rings is 1. The van der Waals surface area contributed by atoms with E-state index in [1.165, 1.54) is 24.0 Å². The Balaban J connectivity index is 2.52. The van der Waals surface area contributed by atoms with Gasteiger partial charge in [-0.05, 0) is 42.0 Å². The summed E-state index contributed by atoms with van der Waals surface area (Å²) in [6.07, 6.45) is 2.41. The second kappa shape index (κ2) is 2.26. The largest absolute Gasteiger partial charge is 0.508 e. The average Bonchev–Trinajstić information content (AvgIpc) is 2.33. The van der Waals surface area contributed by atoms with Crippen LogP contribution in [-0.2, 0) is 6.42 Å². The molecule has 1 aromatic rings. The summed E-state index contributed by atoms with van der Waals surface area (Å²) < 4.78 is 0. The van der Waals surface area contributed by atoms with Crippen LogP contribution in [0.1, 0.15) is 30.4 Å². The molecule has 1 aromatic carbocycles. The first kappa shape index (κ1) is 6.71. The first-order valence-electron chi connectivity index (χ1n) is 4.09. The predicted molar refractivity (Wildman–Crippen MR) is 44.8 cm³/mol. The van der Waals surface area contributed by atoms with Crippen molar-refractivity contribution in [1.29, 1.82) is 0 Å². The fourth-order valence-corrected chi connectivity index (χ4v) is 1.80. The number of hydrogen-bond acceptors (Lipinski definition) is 1. The molecule has 1 aliphatic carbocycles. The Bertz CT molecular complexity index is 278. The maximum Gasteiger partial charge on any atom is 0.115 e. The summed E-state index contributed by atoms with van der Waals surface area (Å²) >= 11 is 0. The van der Waals surface area contributed by atoms with Gasteiger partial charge in [0.2, 0.25) is 0 Å². The molecule has 0 aliphatic heterocycles. The van der Waals surface area contributed by atoms with E-state index < -0.39 is 0 Å². The van der Waals surface area contributed by atoms with Crippen molar-refractivity contribution >= 4 is 0 Å². The van der Waals surface area contributed by atoms with Crippen molar-refractivity contribution < 1.29 is 5.11 Å². The average molecular weight is 148 g/mol. The molecule has 58 valence electrons. The zero-order valence-electron chi connectivity index (χ0n) is 6.67. The molecule has 0 bridgehead atoms. The lowest BCUT2D eigenvalue weighted by Crippen LogP contribution is -1.84. The van der Waals surface area contributed by atoms with Gasteiger partial charge in [-0.3, -0.25) is 0 Å². The molecule has 0 fully saturated rings. The summed E-state index contributed by atoms with van der Waals surface area (Å²) in [6, 6.07) is 5.71. The van der Waals surface area contributed by atoms with Crippen LogP contribution in [0.5, 0.6) is 5.75 Å². The van der Waals surface area contributed by atoms with Gasteiger partial charge < -0.3 is 5.11 Å². The molecule has 1 aliphatic rings. The lowest BCUT2D eigenvalue weighted by atomic mass is 10.0. The summed E-state index contributed by atoms with van der Waals surface area (Å²) in [7, 11) is 0. The minimum absolute atomic E-state index is 0.400. The highest BCUT2D eigenvalue weighted by molar-refractivity contribution is 5.39. The predicted octanol–water partition coefficient (Wildman–Crippen LogP) is 2.44. The molecule has 0 unspecified atom stereocenters. The Morgan fingerprint density at radius 3 is 3.09 bits per heavy atom. The lowest BCUT2D eigenvalue weighted by molar-refractivity contribution is 0.474. The standard InChI is InChI=1S/C10H12O/c1-7-2-3-8-4-5-9(11)6-10(7)8/h4-7,11H,2-3H2,1H3/t7-/m1/s1. The highest BCUT2D eigenvalue weighted by Crippen LogP contribution is 2.34. The van der Waals surface area contributed by atoms with E-state index in [1.54, 1.807) is 6.07 Å². The van der Waals surface area contributed by atoms with Gasteiger partial charge in [-0.15, -0.1) is 0 Å². The van der Waals surface area contributed by atoms with Crippen molar-refractivity contribution in [3.8, 4) is 5.75 Å². The van der Waals surface area contributed by atoms with Gasteiger partial charge in [-0.25, -0.2) is 0 Å². The molecule has 0 radical (unpaired) electrons. The van der Waals surface area contributed by atoms with Crippen LogP contribution in [0.15, 0.2) is 18.2 Å². The van der Waals surface area contributed by atoms with Crippen molar-refractivity contribution in [3.63, 3.8) is 0 Å². The van der Waals surface area contributed by atoms with Crippen LogP contribution in [0.3, 0.4) is 0 Å². The summed E-state index contributed by atoms with van der Waals surface area (Å²) in [4.78, 5) is 0. The molecule has 0 amide bonds. The van der Waals surface area contributed by atoms with Crippen LogP contribution in [-0.4, -0.2) is 5.11 Å². The van der Waals surface area contributed by atoms with E-state index >= 15 is 0 Å². The maximum absolute atomic E-state index is 9.21. The Labute approximate surface area is 66.7 Å². The molecule has 1 N–H and O–H groups in total. The van der Waals surface area contributed by atoms with Gasteiger partial charge in [-0.1, -0.05) is 13.0 Å². The lowest BCUT2D eigenvalue weighted by Gasteiger charge is -2.03. The molecule has 0 heterocycles. The van der Waals surface area contributed by atoms with Crippen LogP contribution in [0.4, 0.5) is 0 Å². The van der Waals surface area contributed by atoms with Crippen LogP contribution in [0, 0.1) is 0 Å². The quantitative estimate of drug-likeness (QED) is 0.599. The number of hydrogen-bond donors (Lipinski definition) is 1. The topological polar surface area (TPSA) is 20.2 Å². The van der Waals surface area contributed by atoms with Crippen molar-refractivity contribution in [3.05, 3.63) is 29.3 Å². The molecule has 0 aromatic heterocycles. The number of rotatable bonds is 0.